The van der Waals surface area contributed by atoms with Crippen molar-refractivity contribution < 1.29 is 121 Å². The standard InChI is InChI=1S/C63H98O25/c1-10-12-19-27-39-28-22-16-14-13-15-17-23-29-41(65)81-54-49(73)61(87-55-46(70)44(68)34(6)76-62(55)80-39)78-36(8)51(54)86-63-57(83-40(64)24-11-2)56(88-59-47(71)45(69)43(67)33(5)75-59)52(37(9)79-63)85-60-48(72)53(50(35(7)77-60)84-58(74)32(3)4)82-42(66)31-30-38-25-20-18-21-26-38/h18,20-21,25-26,30-37,39,43-57,59-63,67-73H,10-17,19,22-24,27-29H2,1-9H3/b31-30+/t33-,34+,35-,36-,37-,39-,43-,44-,45+,46-,47+,48+,49+,50-,51-,52-,53-,54-,55+,56+,57+,59-,60-,61-,62-,63-/m0/s1. The van der Waals surface area contributed by atoms with Crippen molar-refractivity contribution in [3.05, 3.63) is 42.0 Å². The maximum atomic E-state index is 14.0. The smallest absolute Gasteiger partial charge is 0.331 e. The van der Waals surface area contributed by atoms with Gasteiger partial charge in [-0.1, -0.05) is 116 Å². The Morgan fingerprint density at radius 1 is 0.534 bits per heavy atom. The lowest BCUT2D eigenvalue weighted by atomic mass is 9.95. The molecule has 6 heterocycles. The molecule has 26 atom stereocenters. The van der Waals surface area contributed by atoms with Gasteiger partial charge in [-0.05, 0) is 71.9 Å². The minimum absolute atomic E-state index is 0.0454. The van der Waals surface area contributed by atoms with Crippen molar-refractivity contribution in [3.63, 3.8) is 0 Å². The van der Waals surface area contributed by atoms with Crippen LogP contribution in [0.4, 0.5) is 0 Å². The molecule has 25 heteroatoms. The number of fused-ring (bicyclic) bond motifs is 3. The molecule has 0 radical (unpaired) electrons. The average Bonchev–Trinajstić information content (AvgIpc) is 0.908. The summed E-state index contributed by atoms with van der Waals surface area (Å²) < 4.78 is 88.4. The van der Waals surface area contributed by atoms with Crippen LogP contribution in [0.3, 0.4) is 0 Å². The Morgan fingerprint density at radius 2 is 1.12 bits per heavy atom. The number of aliphatic hydroxyl groups is 7. The number of carbonyl (C=O) groups excluding carboxylic acids is 4. The lowest BCUT2D eigenvalue weighted by Crippen LogP contribution is -2.68. The van der Waals surface area contributed by atoms with E-state index >= 15 is 0 Å². The lowest BCUT2D eigenvalue weighted by molar-refractivity contribution is -0.399. The van der Waals surface area contributed by atoms with Crippen molar-refractivity contribution in [2.24, 2.45) is 5.92 Å². The fraction of sp³-hybridized carbons (Fsp3) is 0.810. The highest BCUT2D eigenvalue weighted by molar-refractivity contribution is 5.87. The average molecular weight is 1260 g/mol. The number of esters is 4. The summed E-state index contributed by atoms with van der Waals surface area (Å²) in [6.07, 6.45) is -26.4. The van der Waals surface area contributed by atoms with E-state index in [9.17, 15) is 54.9 Å². The zero-order chi connectivity index (χ0) is 63.9. The molecule has 6 aliphatic heterocycles. The van der Waals surface area contributed by atoms with Crippen LogP contribution < -0.4 is 0 Å². The fourth-order valence-corrected chi connectivity index (χ4v) is 11.8. The van der Waals surface area contributed by atoms with Gasteiger partial charge in [0.2, 0.25) is 0 Å². The second kappa shape index (κ2) is 34.2. The molecule has 0 amide bonds. The largest absolute Gasteiger partial charge is 0.456 e. The molecule has 1 aromatic carbocycles. The number of benzene rings is 1. The van der Waals surface area contributed by atoms with E-state index in [0.717, 1.165) is 63.9 Å². The van der Waals surface area contributed by atoms with E-state index in [1.807, 2.05) is 0 Å². The molecular formula is C63H98O25. The molecule has 0 unspecified atom stereocenters. The van der Waals surface area contributed by atoms with Crippen LogP contribution in [0.2, 0.25) is 0 Å². The highest BCUT2D eigenvalue weighted by Gasteiger charge is 2.59. The molecule has 0 saturated carbocycles. The van der Waals surface area contributed by atoms with E-state index in [2.05, 4.69) is 6.92 Å². The Hall–Kier alpha value is -3.84. The zero-order valence-corrected chi connectivity index (χ0v) is 52.2. The van der Waals surface area contributed by atoms with Gasteiger partial charge in [-0.25, -0.2) is 4.79 Å². The molecule has 0 spiro atoms. The number of rotatable bonds is 18. The predicted molar refractivity (Wildman–Crippen MR) is 309 cm³/mol. The van der Waals surface area contributed by atoms with Crippen molar-refractivity contribution in [3.8, 4) is 0 Å². The predicted octanol–water partition coefficient (Wildman–Crippen LogP) is 4.08. The Bertz CT molecular complexity index is 2330. The first kappa shape index (κ1) is 71.6. The maximum Gasteiger partial charge on any atom is 0.331 e. The van der Waals surface area contributed by atoms with E-state index in [-0.39, 0.29) is 25.4 Å². The molecule has 25 nitrogen and oxygen atoms in total. The lowest BCUT2D eigenvalue weighted by Gasteiger charge is -2.51. The minimum Gasteiger partial charge on any atom is -0.456 e. The van der Waals surface area contributed by atoms with E-state index in [4.69, 9.17) is 66.3 Å². The van der Waals surface area contributed by atoms with Crippen LogP contribution >= 0.6 is 0 Å². The van der Waals surface area contributed by atoms with E-state index in [1.165, 1.54) is 33.8 Å². The van der Waals surface area contributed by atoms with Crippen molar-refractivity contribution in [1.82, 2.24) is 0 Å². The number of carbonyl (C=O) groups is 4. The summed E-state index contributed by atoms with van der Waals surface area (Å²) >= 11 is 0. The van der Waals surface area contributed by atoms with Gasteiger partial charge in [0.1, 0.15) is 67.1 Å². The summed E-state index contributed by atoms with van der Waals surface area (Å²) in [6.45, 7) is 14.6. The second-order valence-corrected chi connectivity index (χ2v) is 24.5. The zero-order valence-electron chi connectivity index (χ0n) is 52.2. The van der Waals surface area contributed by atoms with Crippen molar-refractivity contribution in [2.45, 2.75) is 318 Å². The van der Waals surface area contributed by atoms with Gasteiger partial charge < -0.3 is 102 Å². The molecule has 6 aliphatic rings. The van der Waals surface area contributed by atoms with Gasteiger partial charge in [0.05, 0.1) is 42.5 Å². The summed E-state index contributed by atoms with van der Waals surface area (Å²) in [5, 5.41) is 80.9. The number of unbranched alkanes of at least 4 members (excludes halogenated alkanes) is 2. The van der Waals surface area contributed by atoms with Crippen molar-refractivity contribution in [2.75, 3.05) is 0 Å². The molecule has 88 heavy (non-hydrogen) atoms. The number of ether oxygens (including phenoxy) is 14. The third kappa shape index (κ3) is 18.9. The van der Waals surface area contributed by atoms with Gasteiger partial charge in [0.25, 0.3) is 0 Å². The highest BCUT2D eigenvalue weighted by atomic mass is 16.8. The topological polar surface area (TPSA) is 339 Å². The van der Waals surface area contributed by atoms with Gasteiger partial charge in [-0.2, -0.15) is 0 Å². The maximum absolute atomic E-state index is 14.0. The molecule has 6 fully saturated rings. The Balaban J connectivity index is 1.24. The van der Waals surface area contributed by atoms with Gasteiger partial charge in [-0.3, -0.25) is 14.4 Å². The summed E-state index contributed by atoms with van der Waals surface area (Å²) in [5.41, 5.74) is 0.660. The summed E-state index contributed by atoms with van der Waals surface area (Å²) in [7, 11) is 0. The van der Waals surface area contributed by atoms with E-state index in [0.29, 0.717) is 24.8 Å². The third-order valence-electron chi connectivity index (χ3n) is 17.0. The summed E-state index contributed by atoms with van der Waals surface area (Å²) in [6, 6.07) is 8.85. The van der Waals surface area contributed by atoms with Crippen LogP contribution in [0.25, 0.3) is 6.08 Å². The van der Waals surface area contributed by atoms with Crippen LogP contribution in [-0.2, 0) is 85.5 Å². The molecule has 0 aliphatic carbocycles. The molecule has 6 saturated heterocycles. The first-order valence-corrected chi connectivity index (χ1v) is 31.9. The minimum atomic E-state index is -1.94. The molecule has 2 bridgehead atoms. The second-order valence-electron chi connectivity index (χ2n) is 24.5. The van der Waals surface area contributed by atoms with Crippen molar-refractivity contribution in [1.29, 1.82) is 0 Å². The van der Waals surface area contributed by atoms with Crippen LogP contribution in [0.15, 0.2) is 36.4 Å². The first-order chi connectivity index (χ1) is 42.0. The normalized spacial score (nSPS) is 40.9. The molecule has 7 rings (SSSR count). The monoisotopic (exact) mass is 1250 g/mol. The van der Waals surface area contributed by atoms with Gasteiger partial charge in [0, 0.05) is 18.9 Å². The molecular weight excluding hydrogens is 1160 g/mol. The summed E-state index contributed by atoms with van der Waals surface area (Å²) in [4.78, 5) is 54.7. The van der Waals surface area contributed by atoms with E-state index in [1.54, 1.807) is 58.0 Å². The molecule has 1 aromatic rings. The molecule has 500 valence electrons. The fourth-order valence-electron chi connectivity index (χ4n) is 11.8. The van der Waals surface area contributed by atoms with E-state index < -0.39 is 183 Å². The summed E-state index contributed by atoms with van der Waals surface area (Å²) in [5.74, 6) is -3.78. The first-order valence-electron chi connectivity index (χ1n) is 31.9. The number of hydrogen-bond donors (Lipinski definition) is 7. The number of hydrogen-bond acceptors (Lipinski definition) is 25. The Kier molecular flexibility index (Phi) is 27.8. The SMILES string of the molecule is CCCCC[C@H]1CCCCCCCCCC(=O)O[C@H]2[C@@H](O)[C@H](O[C@H]3[C@H](O1)O[C@H](C)[C@H](O)[C@@H]3O)O[C@@H](C)[C@@H]2O[C@@H]1O[C@@H](C)[C@H](O[C@@H]2O[C@@H](C)[C@H](OC(=O)C(C)C)[C@@H](OC(=O)/C=C/c3ccccc3)[C@H]2O)[C@@H](O[C@@H]2O[C@@H](C)[C@H](O)[C@@H](O)[C@H]2O)[C@H]1OC(=O)CCC. The van der Waals surface area contributed by atoms with Crippen LogP contribution in [-0.4, -0.2) is 219 Å². The third-order valence-corrected chi connectivity index (χ3v) is 17.0. The quantitative estimate of drug-likeness (QED) is 0.0471. The van der Waals surface area contributed by atoms with Crippen LogP contribution in [0, 0.1) is 5.92 Å². The van der Waals surface area contributed by atoms with Crippen LogP contribution in [0.1, 0.15) is 164 Å². The van der Waals surface area contributed by atoms with Gasteiger partial charge in [0.15, 0.2) is 55.9 Å². The van der Waals surface area contributed by atoms with Gasteiger partial charge in [-0.15, -0.1) is 0 Å². The Labute approximate surface area is 515 Å². The van der Waals surface area contributed by atoms with Gasteiger partial charge >= 0.3 is 23.9 Å². The number of aliphatic hydroxyl groups excluding tert-OH is 7. The molecule has 0 aromatic heterocycles. The van der Waals surface area contributed by atoms with Crippen LogP contribution in [0.5, 0.6) is 0 Å². The Morgan fingerprint density at radius 3 is 1.82 bits per heavy atom. The van der Waals surface area contributed by atoms with Crippen molar-refractivity contribution >= 4 is 30.0 Å². The highest BCUT2D eigenvalue weighted by Crippen LogP contribution is 2.40. The molecule has 7 N–H and O–H groups in total.